The second-order valence-corrected chi connectivity index (χ2v) is 5.53. The maximum absolute atomic E-state index is 9.95. The fourth-order valence-electron chi connectivity index (χ4n) is 2.47. The van der Waals surface area contributed by atoms with Crippen molar-refractivity contribution in [2.24, 2.45) is 11.1 Å². The van der Waals surface area contributed by atoms with Crippen LogP contribution in [0.1, 0.15) is 85.0 Å². The Morgan fingerprint density at radius 2 is 1.58 bits per heavy atom. The zero-order valence-electron chi connectivity index (χ0n) is 13.1. The summed E-state index contributed by atoms with van der Waals surface area (Å²) in [6.45, 7) is 6.63. The summed E-state index contributed by atoms with van der Waals surface area (Å²) in [7, 11) is 0. The van der Waals surface area contributed by atoms with Crippen molar-refractivity contribution in [3.05, 3.63) is 0 Å². The van der Waals surface area contributed by atoms with Crippen LogP contribution in [0.2, 0.25) is 0 Å². The SMILES string of the molecule is CCCCCC(O)/C(CCCCC(CC)CC)=N\O. The molecule has 3 heteroatoms. The Morgan fingerprint density at radius 3 is 2.11 bits per heavy atom. The van der Waals surface area contributed by atoms with Gasteiger partial charge in [-0.15, -0.1) is 0 Å². The lowest BCUT2D eigenvalue weighted by atomic mass is 9.95. The van der Waals surface area contributed by atoms with E-state index in [9.17, 15) is 5.11 Å². The van der Waals surface area contributed by atoms with Crippen molar-refractivity contribution >= 4 is 5.71 Å². The highest BCUT2D eigenvalue weighted by Crippen LogP contribution is 2.17. The number of oxime groups is 1. The maximum Gasteiger partial charge on any atom is 0.0954 e. The smallest absolute Gasteiger partial charge is 0.0954 e. The summed E-state index contributed by atoms with van der Waals surface area (Å²) in [5.74, 6) is 0.823. The van der Waals surface area contributed by atoms with Gasteiger partial charge in [-0.2, -0.15) is 0 Å². The molecule has 0 fully saturated rings. The highest BCUT2D eigenvalue weighted by Gasteiger charge is 2.13. The molecule has 1 unspecified atom stereocenters. The van der Waals surface area contributed by atoms with Crippen LogP contribution < -0.4 is 0 Å². The van der Waals surface area contributed by atoms with Gasteiger partial charge in [-0.05, 0) is 25.2 Å². The highest BCUT2D eigenvalue weighted by molar-refractivity contribution is 5.87. The van der Waals surface area contributed by atoms with E-state index in [1.54, 1.807) is 0 Å². The molecule has 19 heavy (non-hydrogen) atoms. The van der Waals surface area contributed by atoms with Crippen LogP contribution in [0.5, 0.6) is 0 Å². The van der Waals surface area contributed by atoms with Crippen molar-refractivity contribution in [1.29, 1.82) is 0 Å². The second kappa shape index (κ2) is 12.5. The number of hydrogen-bond acceptors (Lipinski definition) is 3. The van der Waals surface area contributed by atoms with Crippen LogP contribution in [0.25, 0.3) is 0 Å². The van der Waals surface area contributed by atoms with E-state index in [1.807, 2.05) is 0 Å². The Morgan fingerprint density at radius 1 is 0.947 bits per heavy atom. The standard InChI is InChI=1S/C16H33NO2/c1-4-7-8-13-16(18)15(17-19)12-10-9-11-14(5-2)6-3/h14,16,18-19H,4-13H2,1-3H3/b17-15-. The van der Waals surface area contributed by atoms with Gasteiger partial charge in [0.15, 0.2) is 0 Å². The zero-order valence-corrected chi connectivity index (χ0v) is 13.1. The van der Waals surface area contributed by atoms with Crippen LogP contribution >= 0.6 is 0 Å². The van der Waals surface area contributed by atoms with Crippen LogP contribution in [0.3, 0.4) is 0 Å². The number of aliphatic hydroxyl groups is 1. The molecular weight excluding hydrogens is 238 g/mol. The maximum atomic E-state index is 9.95. The molecule has 1 atom stereocenters. The van der Waals surface area contributed by atoms with Gasteiger partial charge in [0.2, 0.25) is 0 Å². The molecule has 0 aliphatic carbocycles. The summed E-state index contributed by atoms with van der Waals surface area (Å²) >= 11 is 0. The highest BCUT2D eigenvalue weighted by atomic mass is 16.4. The Labute approximate surface area is 119 Å². The number of aliphatic hydroxyl groups excluding tert-OH is 1. The van der Waals surface area contributed by atoms with E-state index in [2.05, 4.69) is 25.9 Å². The first-order valence-corrected chi connectivity index (χ1v) is 8.08. The fraction of sp³-hybridized carbons (Fsp3) is 0.938. The van der Waals surface area contributed by atoms with E-state index >= 15 is 0 Å². The van der Waals surface area contributed by atoms with Gasteiger partial charge in [0.05, 0.1) is 11.8 Å². The number of rotatable bonds is 12. The Balaban J connectivity index is 3.81. The van der Waals surface area contributed by atoms with Crippen LogP contribution in [0, 0.1) is 5.92 Å². The third-order valence-electron chi connectivity index (χ3n) is 4.04. The molecule has 0 radical (unpaired) electrons. The van der Waals surface area contributed by atoms with Crippen LogP contribution in [-0.4, -0.2) is 22.1 Å². The molecule has 0 rings (SSSR count). The fourth-order valence-corrected chi connectivity index (χ4v) is 2.47. The molecule has 0 aliphatic heterocycles. The van der Waals surface area contributed by atoms with Crippen molar-refractivity contribution < 1.29 is 10.3 Å². The minimum atomic E-state index is -0.551. The molecule has 0 aromatic carbocycles. The molecule has 0 saturated carbocycles. The van der Waals surface area contributed by atoms with Gasteiger partial charge in [0.1, 0.15) is 0 Å². The third-order valence-corrected chi connectivity index (χ3v) is 4.04. The lowest BCUT2D eigenvalue weighted by Crippen LogP contribution is -2.20. The van der Waals surface area contributed by atoms with Gasteiger partial charge in [-0.25, -0.2) is 0 Å². The van der Waals surface area contributed by atoms with Crippen LogP contribution in [0.15, 0.2) is 5.16 Å². The zero-order chi connectivity index (χ0) is 14.5. The van der Waals surface area contributed by atoms with Gasteiger partial charge in [-0.3, -0.25) is 0 Å². The van der Waals surface area contributed by atoms with E-state index in [-0.39, 0.29) is 0 Å². The minimum absolute atomic E-state index is 0.551. The van der Waals surface area contributed by atoms with Crippen molar-refractivity contribution in [1.82, 2.24) is 0 Å². The summed E-state index contributed by atoms with van der Waals surface area (Å²) in [6.07, 6.45) is 10.1. The van der Waals surface area contributed by atoms with Crippen molar-refractivity contribution in [2.75, 3.05) is 0 Å². The molecule has 0 aromatic rings. The average Bonchev–Trinajstić information content (AvgIpc) is 2.43. The van der Waals surface area contributed by atoms with E-state index in [4.69, 9.17) is 5.21 Å². The second-order valence-electron chi connectivity index (χ2n) is 5.53. The van der Waals surface area contributed by atoms with Crippen molar-refractivity contribution in [2.45, 2.75) is 91.1 Å². The van der Waals surface area contributed by atoms with Crippen LogP contribution in [0.4, 0.5) is 0 Å². The summed E-state index contributed by atoms with van der Waals surface area (Å²) < 4.78 is 0. The molecule has 0 aromatic heterocycles. The van der Waals surface area contributed by atoms with E-state index < -0.39 is 6.10 Å². The molecular formula is C16H33NO2. The van der Waals surface area contributed by atoms with Gasteiger partial charge >= 0.3 is 0 Å². The quantitative estimate of drug-likeness (QED) is 0.233. The van der Waals surface area contributed by atoms with Gasteiger partial charge < -0.3 is 10.3 Å². The Kier molecular flexibility index (Phi) is 12.1. The number of nitrogens with zero attached hydrogens (tertiary/aromatic N) is 1. The van der Waals surface area contributed by atoms with Crippen molar-refractivity contribution in [3.8, 4) is 0 Å². The average molecular weight is 271 g/mol. The van der Waals surface area contributed by atoms with Gasteiger partial charge in [-0.1, -0.05) is 70.9 Å². The lowest BCUT2D eigenvalue weighted by molar-refractivity contribution is 0.213. The predicted octanol–water partition coefficient (Wildman–Crippen LogP) is 4.75. The predicted molar refractivity (Wildman–Crippen MR) is 81.9 cm³/mol. The van der Waals surface area contributed by atoms with Gasteiger partial charge in [0.25, 0.3) is 0 Å². The first-order valence-electron chi connectivity index (χ1n) is 8.08. The lowest BCUT2D eigenvalue weighted by Gasteiger charge is -2.14. The van der Waals surface area contributed by atoms with Crippen LogP contribution in [-0.2, 0) is 0 Å². The molecule has 114 valence electrons. The molecule has 0 spiro atoms. The van der Waals surface area contributed by atoms with E-state index in [0.29, 0.717) is 5.71 Å². The number of unbranched alkanes of at least 4 members (excludes halogenated alkanes) is 3. The summed E-state index contributed by atoms with van der Waals surface area (Å²) in [5, 5.41) is 22.2. The molecule has 0 amide bonds. The topological polar surface area (TPSA) is 52.8 Å². The summed E-state index contributed by atoms with van der Waals surface area (Å²) in [6, 6.07) is 0. The molecule has 3 nitrogen and oxygen atoms in total. The normalized spacial score (nSPS) is 14.1. The summed E-state index contributed by atoms with van der Waals surface area (Å²) in [5.41, 5.74) is 0.570. The molecule has 0 bridgehead atoms. The monoisotopic (exact) mass is 271 g/mol. The molecule has 2 N–H and O–H groups in total. The van der Waals surface area contributed by atoms with Crippen molar-refractivity contribution in [3.63, 3.8) is 0 Å². The third kappa shape index (κ3) is 9.04. The number of hydrogen-bond donors (Lipinski definition) is 2. The Hall–Kier alpha value is -0.570. The van der Waals surface area contributed by atoms with E-state index in [0.717, 1.165) is 50.9 Å². The first kappa shape index (κ1) is 18.4. The van der Waals surface area contributed by atoms with E-state index in [1.165, 1.54) is 19.3 Å². The first-order chi connectivity index (χ1) is 9.19. The largest absolute Gasteiger partial charge is 0.411 e. The summed E-state index contributed by atoms with van der Waals surface area (Å²) in [4.78, 5) is 0. The molecule has 0 aliphatic rings. The molecule has 0 heterocycles. The Bertz CT molecular complexity index is 225. The van der Waals surface area contributed by atoms with Gasteiger partial charge in [0, 0.05) is 0 Å². The molecule has 0 saturated heterocycles. The minimum Gasteiger partial charge on any atom is -0.411 e.